The third-order valence-corrected chi connectivity index (χ3v) is 5.45. The molecule has 1 saturated carbocycles. The number of ether oxygens (including phenoxy) is 1. The molecule has 0 aromatic carbocycles. The molecular formula is C16H30N2O2. The minimum atomic E-state index is 0.147. The Morgan fingerprint density at radius 2 is 2.10 bits per heavy atom. The number of rotatable bonds is 6. The number of amides is 1. The van der Waals surface area contributed by atoms with Crippen molar-refractivity contribution in [3.63, 3.8) is 0 Å². The van der Waals surface area contributed by atoms with E-state index < -0.39 is 0 Å². The fourth-order valence-corrected chi connectivity index (χ4v) is 3.95. The maximum absolute atomic E-state index is 12.4. The van der Waals surface area contributed by atoms with Crippen molar-refractivity contribution in [3.05, 3.63) is 0 Å². The first-order valence-electron chi connectivity index (χ1n) is 8.30. The lowest BCUT2D eigenvalue weighted by Crippen LogP contribution is -2.65. The average Bonchev–Trinajstić information content (AvgIpc) is 2.48. The SMILES string of the molecule is CCOC1CC(NC(=O)C2CCCNC2)C1(CC)CC. The van der Waals surface area contributed by atoms with Crippen molar-refractivity contribution in [2.24, 2.45) is 11.3 Å². The minimum absolute atomic E-state index is 0.147. The van der Waals surface area contributed by atoms with Gasteiger partial charge in [-0.3, -0.25) is 4.79 Å². The molecule has 116 valence electrons. The molecule has 0 bridgehead atoms. The van der Waals surface area contributed by atoms with Crippen molar-refractivity contribution in [2.75, 3.05) is 19.7 Å². The van der Waals surface area contributed by atoms with Crippen LogP contribution in [0.25, 0.3) is 0 Å². The summed E-state index contributed by atoms with van der Waals surface area (Å²) < 4.78 is 5.87. The molecular weight excluding hydrogens is 252 g/mol. The molecule has 1 heterocycles. The Labute approximate surface area is 123 Å². The Bertz CT molecular complexity index is 322. The van der Waals surface area contributed by atoms with Crippen LogP contribution in [0.3, 0.4) is 0 Å². The Kier molecular flexibility index (Phi) is 5.44. The molecule has 0 radical (unpaired) electrons. The summed E-state index contributed by atoms with van der Waals surface area (Å²) >= 11 is 0. The second-order valence-electron chi connectivity index (χ2n) is 6.22. The van der Waals surface area contributed by atoms with Crippen molar-refractivity contribution in [3.8, 4) is 0 Å². The van der Waals surface area contributed by atoms with Gasteiger partial charge in [-0.2, -0.15) is 0 Å². The van der Waals surface area contributed by atoms with E-state index in [-0.39, 0.29) is 17.2 Å². The van der Waals surface area contributed by atoms with Crippen LogP contribution in [0.15, 0.2) is 0 Å². The normalized spacial score (nSPS) is 32.5. The van der Waals surface area contributed by atoms with Crippen LogP contribution >= 0.6 is 0 Å². The highest BCUT2D eigenvalue weighted by atomic mass is 16.5. The van der Waals surface area contributed by atoms with Crippen LogP contribution in [0.4, 0.5) is 0 Å². The first-order valence-corrected chi connectivity index (χ1v) is 8.30. The van der Waals surface area contributed by atoms with Gasteiger partial charge in [0.1, 0.15) is 0 Å². The fraction of sp³-hybridized carbons (Fsp3) is 0.938. The van der Waals surface area contributed by atoms with Crippen LogP contribution in [0.5, 0.6) is 0 Å². The highest BCUT2D eigenvalue weighted by molar-refractivity contribution is 5.79. The first kappa shape index (κ1) is 15.8. The molecule has 2 N–H and O–H groups in total. The Morgan fingerprint density at radius 1 is 1.35 bits per heavy atom. The smallest absolute Gasteiger partial charge is 0.224 e. The van der Waals surface area contributed by atoms with Gasteiger partial charge in [-0.05, 0) is 45.6 Å². The third kappa shape index (κ3) is 2.86. The van der Waals surface area contributed by atoms with Gasteiger partial charge < -0.3 is 15.4 Å². The molecule has 1 aliphatic heterocycles. The average molecular weight is 282 g/mol. The number of nitrogens with one attached hydrogen (secondary N) is 2. The quantitative estimate of drug-likeness (QED) is 0.784. The van der Waals surface area contributed by atoms with Crippen molar-refractivity contribution < 1.29 is 9.53 Å². The molecule has 0 spiro atoms. The molecule has 4 heteroatoms. The predicted octanol–water partition coefficient (Wildman–Crippen LogP) is 2.09. The summed E-state index contributed by atoms with van der Waals surface area (Å²) in [5.74, 6) is 0.393. The molecule has 4 nitrogen and oxygen atoms in total. The van der Waals surface area contributed by atoms with Crippen molar-refractivity contribution in [1.29, 1.82) is 0 Å². The summed E-state index contributed by atoms with van der Waals surface area (Å²) in [7, 11) is 0. The van der Waals surface area contributed by atoms with Crippen LogP contribution in [-0.4, -0.2) is 37.7 Å². The zero-order valence-electron chi connectivity index (χ0n) is 13.2. The van der Waals surface area contributed by atoms with Crippen LogP contribution in [0.1, 0.15) is 52.9 Å². The van der Waals surface area contributed by atoms with E-state index in [9.17, 15) is 4.79 Å². The summed E-state index contributed by atoms with van der Waals surface area (Å²) in [5, 5.41) is 6.63. The van der Waals surface area contributed by atoms with E-state index in [0.29, 0.717) is 12.1 Å². The van der Waals surface area contributed by atoms with Gasteiger partial charge in [0.05, 0.1) is 12.0 Å². The Hall–Kier alpha value is -0.610. The molecule has 1 saturated heterocycles. The van der Waals surface area contributed by atoms with E-state index >= 15 is 0 Å². The van der Waals surface area contributed by atoms with Crippen LogP contribution in [0.2, 0.25) is 0 Å². The number of hydrogen-bond donors (Lipinski definition) is 2. The van der Waals surface area contributed by atoms with E-state index in [4.69, 9.17) is 4.74 Å². The predicted molar refractivity (Wildman–Crippen MR) is 80.6 cm³/mol. The van der Waals surface area contributed by atoms with Crippen molar-refractivity contribution >= 4 is 5.91 Å². The number of carbonyl (C=O) groups is 1. The highest BCUT2D eigenvalue weighted by Gasteiger charge is 2.54. The van der Waals surface area contributed by atoms with Gasteiger partial charge in [-0.15, -0.1) is 0 Å². The molecule has 20 heavy (non-hydrogen) atoms. The topological polar surface area (TPSA) is 50.4 Å². The lowest BCUT2D eigenvalue weighted by Gasteiger charge is -2.55. The van der Waals surface area contributed by atoms with Crippen LogP contribution < -0.4 is 10.6 Å². The lowest BCUT2D eigenvalue weighted by atomic mass is 9.58. The molecule has 2 fully saturated rings. The fourth-order valence-electron chi connectivity index (χ4n) is 3.95. The molecule has 1 amide bonds. The van der Waals surface area contributed by atoms with Gasteiger partial charge in [-0.25, -0.2) is 0 Å². The van der Waals surface area contributed by atoms with Gasteiger partial charge >= 0.3 is 0 Å². The van der Waals surface area contributed by atoms with Gasteiger partial charge in [0.25, 0.3) is 0 Å². The van der Waals surface area contributed by atoms with Gasteiger partial charge in [0, 0.05) is 24.6 Å². The molecule has 2 rings (SSSR count). The minimum Gasteiger partial charge on any atom is -0.378 e. The van der Waals surface area contributed by atoms with E-state index in [2.05, 4.69) is 31.4 Å². The second kappa shape index (κ2) is 6.90. The molecule has 3 unspecified atom stereocenters. The van der Waals surface area contributed by atoms with E-state index in [1.807, 2.05) is 0 Å². The second-order valence-corrected chi connectivity index (χ2v) is 6.22. The maximum Gasteiger partial charge on any atom is 0.224 e. The van der Waals surface area contributed by atoms with Crippen LogP contribution in [-0.2, 0) is 9.53 Å². The molecule has 3 atom stereocenters. The zero-order chi connectivity index (χ0) is 14.6. The standard InChI is InChI=1S/C16H30N2O2/c1-4-16(5-2)13(10-14(16)20-6-3)18-15(19)12-8-7-9-17-11-12/h12-14,17H,4-11H2,1-3H3,(H,18,19). The number of carbonyl (C=O) groups excluding carboxylic acids is 1. The lowest BCUT2D eigenvalue weighted by molar-refractivity contribution is -0.150. The number of piperidine rings is 1. The molecule has 0 aromatic heterocycles. The molecule has 1 aliphatic carbocycles. The third-order valence-electron chi connectivity index (χ3n) is 5.45. The molecule has 0 aromatic rings. The van der Waals surface area contributed by atoms with E-state index in [1.165, 1.54) is 0 Å². The Balaban J connectivity index is 1.93. The summed E-state index contributed by atoms with van der Waals surface area (Å²) in [6.07, 6.45) is 5.56. The summed E-state index contributed by atoms with van der Waals surface area (Å²) in [5.41, 5.74) is 0.147. The van der Waals surface area contributed by atoms with Gasteiger partial charge in [0.2, 0.25) is 5.91 Å². The summed E-state index contributed by atoms with van der Waals surface area (Å²) in [6.45, 7) is 9.13. The van der Waals surface area contributed by atoms with Crippen LogP contribution in [0, 0.1) is 11.3 Å². The summed E-state index contributed by atoms with van der Waals surface area (Å²) in [6, 6.07) is 0.295. The van der Waals surface area contributed by atoms with Gasteiger partial charge in [0.15, 0.2) is 0 Å². The largest absolute Gasteiger partial charge is 0.378 e. The first-order chi connectivity index (χ1) is 9.67. The highest BCUT2D eigenvalue weighted by Crippen LogP contribution is 2.49. The molecule has 2 aliphatic rings. The Morgan fingerprint density at radius 3 is 2.65 bits per heavy atom. The van der Waals surface area contributed by atoms with Crippen molar-refractivity contribution in [1.82, 2.24) is 10.6 Å². The maximum atomic E-state index is 12.4. The van der Waals surface area contributed by atoms with E-state index in [1.54, 1.807) is 0 Å². The number of hydrogen-bond acceptors (Lipinski definition) is 3. The monoisotopic (exact) mass is 282 g/mol. The summed E-state index contributed by atoms with van der Waals surface area (Å²) in [4.78, 5) is 12.4. The van der Waals surface area contributed by atoms with Crippen molar-refractivity contribution in [2.45, 2.75) is 65.0 Å². The van der Waals surface area contributed by atoms with Gasteiger partial charge in [-0.1, -0.05) is 13.8 Å². The zero-order valence-corrected chi connectivity index (χ0v) is 13.2. The van der Waals surface area contributed by atoms with E-state index in [0.717, 1.165) is 51.8 Å².